The van der Waals surface area contributed by atoms with Gasteiger partial charge in [0.25, 0.3) is 0 Å². The van der Waals surface area contributed by atoms with E-state index >= 15 is 0 Å². The van der Waals surface area contributed by atoms with Crippen molar-refractivity contribution in [2.24, 2.45) is 0 Å². The summed E-state index contributed by atoms with van der Waals surface area (Å²) in [5, 5.41) is 15.4. The van der Waals surface area contributed by atoms with Crippen molar-refractivity contribution in [3.63, 3.8) is 0 Å². The van der Waals surface area contributed by atoms with E-state index in [2.05, 4.69) is 0 Å². The number of carbonyl (C=O) groups is 2. The van der Waals surface area contributed by atoms with Crippen LogP contribution in [0.5, 0.6) is 0 Å². The van der Waals surface area contributed by atoms with Crippen LogP contribution in [0.3, 0.4) is 0 Å². The number of aromatic carboxylic acids is 1. The maximum atomic E-state index is 12.7. The molecule has 0 amide bonds. The number of benzene rings is 2. The molecule has 0 aliphatic carbocycles. The van der Waals surface area contributed by atoms with Crippen molar-refractivity contribution in [3.8, 4) is 20.9 Å². The predicted octanol–water partition coefficient (Wildman–Crippen LogP) is 6.40. The number of hydrogen-bond donors (Lipinski definition) is 1. The molecule has 4 aromatic rings. The molecule has 1 N–H and O–H groups in total. The number of esters is 1. The molecule has 4 rings (SSSR count). The van der Waals surface area contributed by atoms with Gasteiger partial charge in [-0.1, -0.05) is 12.1 Å². The second-order valence-corrected chi connectivity index (χ2v) is 8.59. The Bertz CT molecular complexity index is 1240. The highest BCUT2D eigenvalue weighted by atomic mass is 32.1. The zero-order chi connectivity index (χ0) is 20.7. The molecule has 2 heterocycles. The Morgan fingerprint density at radius 1 is 0.931 bits per heavy atom. The van der Waals surface area contributed by atoms with Crippen LogP contribution in [0.15, 0.2) is 47.2 Å². The summed E-state index contributed by atoms with van der Waals surface area (Å²) in [5.41, 5.74) is 3.90. The van der Waals surface area contributed by atoms with Gasteiger partial charge in [-0.15, -0.1) is 22.7 Å². The molecule has 0 saturated heterocycles. The maximum Gasteiger partial charge on any atom is 0.338 e. The van der Waals surface area contributed by atoms with Gasteiger partial charge in [0.1, 0.15) is 0 Å². The molecule has 0 saturated carbocycles. The molecule has 2 aromatic heterocycles. The lowest BCUT2D eigenvalue weighted by molar-refractivity contribution is 0.0600. The third-order valence-corrected chi connectivity index (χ3v) is 6.93. The summed E-state index contributed by atoms with van der Waals surface area (Å²) in [7, 11) is 1.38. The number of fused-ring (bicyclic) bond motifs is 1. The first-order valence-electron chi connectivity index (χ1n) is 8.94. The second kappa shape index (κ2) is 7.46. The van der Waals surface area contributed by atoms with Crippen LogP contribution in [-0.4, -0.2) is 24.2 Å². The van der Waals surface area contributed by atoms with E-state index < -0.39 is 11.9 Å². The Morgan fingerprint density at radius 3 is 2.10 bits per heavy atom. The molecule has 0 aliphatic heterocycles. The Morgan fingerprint density at radius 2 is 1.55 bits per heavy atom. The molecule has 2 aromatic carbocycles. The fourth-order valence-corrected chi connectivity index (χ4v) is 5.35. The van der Waals surface area contributed by atoms with Gasteiger partial charge < -0.3 is 9.84 Å². The van der Waals surface area contributed by atoms with Crippen molar-refractivity contribution in [2.45, 2.75) is 13.8 Å². The predicted molar refractivity (Wildman–Crippen MR) is 118 cm³/mol. The molecule has 0 atom stereocenters. The Hall–Kier alpha value is -2.96. The largest absolute Gasteiger partial charge is 0.478 e. The first-order valence-corrected chi connectivity index (χ1v) is 10.7. The van der Waals surface area contributed by atoms with E-state index in [-0.39, 0.29) is 5.56 Å². The monoisotopic (exact) mass is 422 g/mol. The zero-order valence-corrected chi connectivity index (χ0v) is 17.7. The van der Waals surface area contributed by atoms with Gasteiger partial charge >= 0.3 is 11.9 Å². The summed E-state index contributed by atoms with van der Waals surface area (Å²) < 4.78 is 5.10. The van der Waals surface area contributed by atoms with E-state index in [4.69, 9.17) is 4.74 Å². The average molecular weight is 423 g/mol. The van der Waals surface area contributed by atoms with Gasteiger partial charge in [0.05, 0.1) is 18.2 Å². The highest BCUT2D eigenvalue weighted by Gasteiger charge is 2.25. The normalized spacial score (nSPS) is 11.0. The SMILES string of the molecule is COC(=O)c1c(-c2cccs2)c(C)c2cc(C(=O)O)c(-c3cccs3)cc2c1C. The number of aryl methyl sites for hydroxylation is 2. The minimum Gasteiger partial charge on any atom is -0.478 e. The molecule has 6 heteroatoms. The summed E-state index contributed by atoms with van der Waals surface area (Å²) in [4.78, 5) is 26.6. The van der Waals surface area contributed by atoms with Crippen molar-refractivity contribution >= 4 is 45.4 Å². The molecule has 0 spiro atoms. The molecule has 29 heavy (non-hydrogen) atoms. The lowest BCUT2D eigenvalue weighted by atomic mass is 9.87. The first kappa shape index (κ1) is 19.4. The number of carboxylic acids is 1. The molecular weight excluding hydrogens is 404 g/mol. The van der Waals surface area contributed by atoms with Crippen LogP contribution >= 0.6 is 22.7 Å². The first-order chi connectivity index (χ1) is 13.9. The Kier molecular flexibility index (Phi) is 4.98. The van der Waals surface area contributed by atoms with Crippen LogP contribution in [0.1, 0.15) is 31.8 Å². The van der Waals surface area contributed by atoms with Crippen molar-refractivity contribution in [1.82, 2.24) is 0 Å². The van der Waals surface area contributed by atoms with Crippen LogP contribution in [-0.2, 0) is 4.74 Å². The van der Waals surface area contributed by atoms with Crippen molar-refractivity contribution in [2.75, 3.05) is 7.11 Å². The van der Waals surface area contributed by atoms with Crippen molar-refractivity contribution in [3.05, 3.63) is 69.4 Å². The van der Waals surface area contributed by atoms with Gasteiger partial charge in [-0.05, 0) is 70.8 Å². The number of carbonyl (C=O) groups excluding carboxylic acids is 1. The lowest BCUT2D eigenvalue weighted by Crippen LogP contribution is -2.09. The molecular formula is C23H18O4S2. The average Bonchev–Trinajstić information content (AvgIpc) is 3.43. The molecule has 0 aliphatic rings. The zero-order valence-electron chi connectivity index (χ0n) is 16.1. The summed E-state index contributed by atoms with van der Waals surface area (Å²) in [5.74, 6) is -1.36. The minimum absolute atomic E-state index is 0.255. The fraction of sp³-hybridized carbons (Fsp3) is 0.130. The van der Waals surface area contributed by atoms with E-state index in [1.165, 1.54) is 29.8 Å². The summed E-state index contributed by atoms with van der Waals surface area (Å²) in [6.07, 6.45) is 0. The third-order valence-electron chi connectivity index (χ3n) is 5.14. The quantitative estimate of drug-likeness (QED) is 0.387. The van der Waals surface area contributed by atoms with Gasteiger partial charge in [-0.3, -0.25) is 0 Å². The van der Waals surface area contributed by atoms with Crippen LogP contribution in [0.2, 0.25) is 0 Å². The number of carboxylic acid groups (broad SMARTS) is 1. The maximum absolute atomic E-state index is 12.7. The third kappa shape index (κ3) is 3.14. The molecule has 0 bridgehead atoms. The van der Waals surface area contributed by atoms with E-state index in [0.29, 0.717) is 11.1 Å². The van der Waals surface area contributed by atoms with Gasteiger partial charge in [-0.2, -0.15) is 0 Å². The Balaban J connectivity index is 2.16. The van der Waals surface area contributed by atoms with Gasteiger partial charge in [0, 0.05) is 20.9 Å². The molecule has 0 unspecified atom stereocenters. The summed E-state index contributed by atoms with van der Waals surface area (Å²) in [6, 6.07) is 11.3. The number of hydrogen-bond acceptors (Lipinski definition) is 5. The highest BCUT2D eigenvalue weighted by molar-refractivity contribution is 7.13. The highest BCUT2D eigenvalue weighted by Crippen LogP contribution is 2.41. The summed E-state index contributed by atoms with van der Waals surface area (Å²) in [6.45, 7) is 3.82. The molecule has 4 nitrogen and oxygen atoms in total. The van der Waals surface area contributed by atoms with Crippen molar-refractivity contribution < 1.29 is 19.4 Å². The van der Waals surface area contributed by atoms with Gasteiger partial charge in [-0.25, -0.2) is 9.59 Å². The minimum atomic E-state index is -0.970. The van der Waals surface area contributed by atoms with E-state index in [1.807, 2.05) is 54.9 Å². The molecule has 0 fully saturated rings. The topological polar surface area (TPSA) is 63.6 Å². The van der Waals surface area contributed by atoms with Gasteiger partial charge in [0.15, 0.2) is 0 Å². The summed E-state index contributed by atoms with van der Waals surface area (Å²) >= 11 is 3.03. The lowest BCUT2D eigenvalue weighted by Gasteiger charge is -2.19. The van der Waals surface area contributed by atoms with Crippen LogP contribution in [0.25, 0.3) is 31.7 Å². The Labute approximate surface area is 176 Å². The van der Waals surface area contributed by atoms with E-state index in [9.17, 15) is 14.7 Å². The van der Waals surface area contributed by atoms with E-state index in [0.717, 1.165) is 37.2 Å². The molecule has 146 valence electrons. The second-order valence-electron chi connectivity index (χ2n) is 6.69. The van der Waals surface area contributed by atoms with E-state index in [1.54, 1.807) is 6.07 Å². The van der Waals surface area contributed by atoms with Crippen molar-refractivity contribution in [1.29, 1.82) is 0 Å². The number of rotatable bonds is 4. The number of ether oxygens (including phenoxy) is 1. The smallest absolute Gasteiger partial charge is 0.338 e. The van der Waals surface area contributed by atoms with Crippen LogP contribution < -0.4 is 0 Å². The molecule has 0 radical (unpaired) electrons. The number of thiophene rings is 2. The van der Waals surface area contributed by atoms with Crippen LogP contribution in [0, 0.1) is 13.8 Å². The number of methoxy groups -OCH3 is 1. The standard InChI is InChI=1S/C23H18O4S2/c1-12-15-11-17(22(24)25)16(18-6-4-8-28-18)10-14(15)13(2)21(23(26)27-3)20(12)19-7-5-9-29-19/h4-11H,1-3H3,(H,24,25). The van der Waals surface area contributed by atoms with Gasteiger partial charge in [0.2, 0.25) is 0 Å². The fourth-order valence-electron chi connectivity index (χ4n) is 3.76. The van der Waals surface area contributed by atoms with Crippen LogP contribution in [0.4, 0.5) is 0 Å².